The van der Waals surface area contributed by atoms with Crippen LogP contribution >= 0.6 is 0 Å². The number of hydrogen-bond acceptors (Lipinski definition) is 4. The molecule has 5 nitrogen and oxygen atoms in total. The number of aromatic nitrogens is 1. The van der Waals surface area contributed by atoms with Crippen molar-refractivity contribution in [3.63, 3.8) is 0 Å². The molecule has 0 amide bonds. The Bertz CT molecular complexity index is 274. The lowest BCUT2D eigenvalue weighted by molar-refractivity contribution is 0.0697. The van der Waals surface area contributed by atoms with E-state index in [1.165, 1.54) is 24.5 Å². The maximum atomic E-state index is 10.2. The second-order valence-electron chi connectivity index (χ2n) is 3.04. The van der Waals surface area contributed by atoms with Crippen LogP contribution in [0.2, 0.25) is 0 Å². The number of carboxylic acid groups (broad SMARTS) is 1. The number of nitrogens with zero attached hydrogens (tertiary/aromatic N) is 1. The van der Waals surface area contributed by atoms with Gasteiger partial charge in [0.05, 0.1) is 5.56 Å². The van der Waals surface area contributed by atoms with Crippen LogP contribution in [0.15, 0.2) is 24.5 Å². The molecule has 1 aromatic rings. The van der Waals surface area contributed by atoms with Gasteiger partial charge in [-0.05, 0) is 12.1 Å². The van der Waals surface area contributed by atoms with E-state index in [2.05, 4.69) is 15.6 Å². The van der Waals surface area contributed by atoms with Crippen molar-refractivity contribution >= 4 is 5.97 Å². The highest BCUT2D eigenvalue weighted by molar-refractivity contribution is 5.87. The first-order chi connectivity index (χ1) is 7.30. The molecular formula is C10H15N3O2. The fraction of sp³-hybridized carbons (Fsp3) is 0.400. The summed E-state index contributed by atoms with van der Waals surface area (Å²) in [6.45, 7) is 4.56. The van der Waals surface area contributed by atoms with Crippen molar-refractivity contribution in [2.75, 3.05) is 26.2 Å². The Hall–Kier alpha value is -1.46. The zero-order chi connectivity index (χ0) is 10.9. The SMILES string of the molecule is C1CNCCN1.O=C(O)c1ccncc1. The van der Waals surface area contributed by atoms with Gasteiger partial charge in [-0.15, -0.1) is 0 Å². The van der Waals surface area contributed by atoms with Crippen molar-refractivity contribution in [1.29, 1.82) is 0 Å². The van der Waals surface area contributed by atoms with Gasteiger partial charge in [-0.3, -0.25) is 4.98 Å². The third-order valence-corrected chi connectivity index (χ3v) is 1.88. The third kappa shape index (κ3) is 5.09. The van der Waals surface area contributed by atoms with Crippen molar-refractivity contribution in [3.8, 4) is 0 Å². The number of pyridine rings is 1. The van der Waals surface area contributed by atoms with Crippen molar-refractivity contribution in [1.82, 2.24) is 15.6 Å². The van der Waals surface area contributed by atoms with Crippen LogP contribution in [-0.4, -0.2) is 42.2 Å². The molecule has 0 aliphatic carbocycles. The monoisotopic (exact) mass is 209 g/mol. The van der Waals surface area contributed by atoms with Crippen LogP contribution in [0.5, 0.6) is 0 Å². The van der Waals surface area contributed by atoms with Crippen LogP contribution in [-0.2, 0) is 0 Å². The quantitative estimate of drug-likeness (QED) is 0.605. The lowest BCUT2D eigenvalue weighted by atomic mass is 10.3. The van der Waals surface area contributed by atoms with E-state index in [-0.39, 0.29) is 5.56 Å². The van der Waals surface area contributed by atoms with Gasteiger partial charge in [-0.25, -0.2) is 4.79 Å². The Balaban J connectivity index is 0.000000162. The molecule has 1 aliphatic heterocycles. The van der Waals surface area contributed by atoms with Gasteiger partial charge >= 0.3 is 5.97 Å². The van der Waals surface area contributed by atoms with Crippen molar-refractivity contribution in [2.24, 2.45) is 0 Å². The highest BCUT2D eigenvalue weighted by Gasteiger charge is 1.97. The summed E-state index contributed by atoms with van der Waals surface area (Å²) in [5.74, 6) is -0.919. The van der Waals surface area contributed by atoms with E-state index < -0.39 is 5.97 Å². The summed E-state index contributed by atoms with van der Waals surface area (Å²) in [6.07, 6.45) is 2.90. The Morgan fingerprint density at radius 3 is 1.87 bits per heavy atom. The number of carboxylic acids is 1. The van der Waals surface area contributed by atoms with E-state index in [4.69, 9.17) is 5.11 Å². The van der Waals surface area contributed by atoms with Crippen LogP contribution in [0.1, 0.15) is 10.4 Å². The maximum absolute atomic E-state index is 10.2. The van der Waals surface area contributed by atoms with Crippen molar-refractivity contribution < 1.29 is 9.90 Å². The molecule has 15 heavy (non-hydrogen) atoms. The average Bonchev–Trinajstić information content (AvgIpc) is 2.33. The molecule has 2 rings (SSSR count). The minimum absolute atomic E-state index is 0.269. The number of nitrogens with one attached hydrogen (secondary N) is 2. The zero-order valence-electron chi connectivity index (χ0n) is 8.44. The second-order valence-corrected chi connectivity index (χ2v) is 3.04. The molecule has 0 radical (unpaired) electrons. The van der Waals surface area contributed by atoms with Gasteiger partial charge in [0.25, 0.3) is 0 Å². The Morgan fingerprint density at radius 1 is 1.13 bits per heavy atom. The summed E-state index contributed by atoms with van der Waals surface area (Å²) in [7, 11) is 0. The summed E-state index contributed by atoms with van der Waals surface area (Å²) >= 11 is 0. The second kappa shape index (κ2) is 6.92. The van der Waals surface area contributed by atoms with Crippen LogP contribution in [0.25, 0.3) is 0 Å². The van der Waals surface area contributed by atoms with Gasteiger partial charge in [0.2, 0.25) is 0 Å². The minimum atomic E-state index is -0.919. The van der Waals surface area contributed by atoms with E-state index in [1.54, 1.807) is 0 Å². The maximum Gasteiger partial charge on any atom is 0.335 e. The van der Waals surface area contributed by atoms with Crippen molar-refractivity contribution in [3.05, 3.63) is 30.1 Å². The fourth-order valence-corrected chi connectivity index (χ4v) is 1.10. The van der Waals surface area contributed by atoms with E-state index in [0.29, 0.717) is 0 Å². The molecule has 1 fully saturated rings. The first-order valence-corrected chi connectivity index (χ1v) is 4.85. The van der Waals surface area contributed by atoms with Gasteiger partial charge in [-0.2, -0.15) is 0 Å². The number of aromatic carboxylic acids is 1. The zero-order valence-corrected chi connectivity index (χ0v) is 8.44. The standard InChI is InChI=1S/C6H5NO2.C4H10N2/c8-6(9)5-1-3-7-4-2-5;1-2-6-4-3-5-1/h1-4H,(H,8,9);5-6H,1-4H2. The topological polar surface area (TPSA) is 74.2 Å². The van der Waals surface area contributed by atoms with Gasteiger partial charge in [0, 0.05) is 38.6 Å². The fourth-order valence-electron chi connectivity index (χ4n) is 1.10. The van der Waals surface area contributed by atoms with E-state index in [9.17, 15) is 4.79 Å². The Labute approximate surface area is 88.5 Å². The number of piperazine rings is 1. The molecular weight excluding hydrogens is 194 g/mol. The largest absolute Gasteiger partial charge is 0.478 e. The van der Waals surface area contributed by atoms with Gasteiger partial charge in [-0.1, -0.05) is 0 Å². The first kappa shape index (κ1) is 11.6. The number of rotatable bonds is 1. The Kier molecular flexibility index (Phi) is 5.35. The summed E-state index contributed by atoms with van der Waals surface area (Å²) in [4.78, 5) is 13.8. The summed E-state index contributed by atoms with van der Waals surface area (Å²) in [6, 6.07) is 2.89. The van der Waals surface area contributed by atoms with Gasteiger partial charge < -0.3 is 15.7 Å². The lowest BCUT2D eigenvalue weighted by Crippen LogP contribution is -2.39. The highest BCUT2D eigenvalue weighted by Crippen LogP contribution is 1.93. The van der Waals surface area contributed by atoms with Crippen LogP contribution in [0.3, 0.4) is 0 Å². The smallest absolute Gasteiger partial charge is 0.335 e. The molecule has 1 saturated heterocycles. The normalized spacial score (nSPS) is 14.9. The lowest BCUT2D eigenvalue weighted by Gasteiger charge is -2.11. The molecule has 3 N–H and O–H groups in total. The molecule has 0 saturated carbocycles. The highest BCUT2D eigenvalue weighted by atomic mass is 16.4. The van der Waals surface area contributed by atoms with Crippen molar-refractivity contribution in [2.45, 2.75) is 0 Å². The van der Waals surface area contributed by atoms with Gasteiger partial charge in [0.15, 0.2) is 0 Å². The summed E-state index contributed by atoms with van der Waals surface area (Å²) in [5.41, 5.74) is 0.269. The molecule has 0 bridgehead atoms. The van der Waals surface area contributed by atoms with E-state index >= 15 is 0 Å². The van der Waals surface area contributed by atoms with Crippen LogP contribution in [0, 0.1) is 0 Å². The molecule has 0 aromatic carbocycles. The Morgan fingerprint density at radius 2 is 1.60 bits per heavy atom. The summed E-state index contributed by atoms with van der Waals surface area (Å²) < 4.78 is 0. The van der Waals surface area contributed by atoms with Crippen LogP contribution in [0.4, 0.5) is 0 Å². The molecule has 82 valence electrons. The minimum Gasteiger partial charge on any atom is -0.478 e. The van der Waals surface area contributed by atoms with Gasteiger partial charge in [0.1, 0.15) is 0 Å². The predicted molar refractivity (Wildman–Crippen MR) is 56.9 cm³/mol. The molecule has 0 unspecified atom stereocenters. The van der Waals surface area contributed by atoms with E-state index in [1.807, 2.05) is 0 Å². The third-order valence-electron chi connectivity index (χ3n) is 1.88. The van der Waals surface area contributed by atoms with Crippen LogP contribution < -0.4 is 10.6 Å². The molecule has 1 aliphatic rings. The molecule has 5 heteroatoms. The first-order valence-electron chi connectivity index (χ1n) is 4.85. The van der Waals surface area contributed by atoms with E-state index in [0.717, 1.165) is 26.2 Å². The predicted octanol–water partition coefficient (Wildman–Crippen LogP) is -0.0410. The molecule has 0 atom stereocenters. The summed E-state index contributed by atoms with van der Waals surface area (Å²) in [5, 5.41) is 14.8. The molecule has 1 aromatic heterocycles. The number of hydrogen-bond donors (Lipinski definition) is 3. The number of carbonyl (C=O) groups is 1. The molecule has 2 heterocycles. The average molecular weight is 209 g/mol. The molecule has 0 spiro atoms.